The van der Waals surface area contributed by atoms with E-state index in [2.05, 4.69) is 24.2 Å². The molecule has 0 rings (SSSR count). The van der Waals surface area contributed by atoms with Gasteiger partial charge in [0.15, 0.2) is 10.8 Å². The Hall–Kier alpha value is -3.30. The number of esters is 4. The molecule has 0 fully saturated rings. The Balaban J connectivity index is 6.30. The zero-order valence-corrected chi connectivity index (χ0v) is 21.5. The summed E-state index contributed by atoms with van der Waals surface area (Å²) in [6, 6.07) is 0. The molecule has 0 spiro atoms. The van der Waals surface area contributed by atoms with Gasteiger partial charge in [0.2, 0.25) is 0 Å². The van der Waals surface area contributed by atoms with Crippen molar-refractivity contribution in [1.29, 1.82) is 0 Å². The second-order valence-electron chi connectivity index (χ2n) is 9.06. The number of rotatable bonds is 10. The van der Waals surface area contributed by atoms with Crippen LogP contribution in [0.25, 0.3) is 0 Å². The predicted molar refractivity (Wildman–Crippen MR) is 126 cm³/mol. The zero-order chi connectivity index (χ0) is 26.6. The average molecular weight is 477 g/mol. The highest BCUT2D eigenvalue weighted by molar-refractivity contribution is 6.01. The average Bonchev–Trinajstić information content (AvgIpc) is 2.79. The molecule has 0 aliphatic carbocycles. The van der Waals surface area contributed by atoms with Gasteiger partial charge in [-0.2, -0.15) is 0 Å². The molecule has 0 aliphatic rings. The summed E-state index contributed by atoms with van der Waals surface area (Å²) in [5.41, 5.74) is -0.0995. The van der Waals surface area contributed by atoms with Crippen LogP contribution in [0.3, 0.4) is 0 Å². The minimum Gasteiger partial charge on any atom is -0.468 e. The van der Waals surface area contributed by atoms with Crippen molar-refractivity contribution < 1.29 is 38.1 Å². The molecule has 0 bridgehead atoms. The van der Waals surface area contributed by atoms with E-state index in [-0.39, 0.29) is 31.1 Å². The van der Waals surface area contributed by atoms with E-state index in [1.165, 1.54) is 0 Å². The Labute approximate surface area is 202 Å². The van der Waals surface area contributed by atoms with Crippen molar-refractivity contribution in [3.05, 3.63) is 30.0 Å². The highest BCUT2D eigenvalue weighted by Gasteiger charge is 2.49. The number of ether oxygens (including phenoxy) is 4. The van der Waals surface area contributed by atoms with Crippen LogP contribution >= 0.6 is 0 Å². The highest BCUT2D eigenvalue weighted by atomic mass is 16.6. The van der Waals surface area contributed by atoms with E-state index in [0.717, 1.165) is 28.4 Å². The molecule has 0 aromatic carbocycles. The van der Waals surface area contributed by atoms with Crippen molar-refractivity contribution in [3.8, 4) is 11.8 Å². The first-order valence-corrected chi connectivity index (χ1v) is 10.6. The molecule has 0 atom stereocenters. The van der Waals surface area contributed by atoms with Crippen molar-refractivity contribution in [2.45, 2.75) is 53.4 Å². The summed E-state index contributed by atoms with van der Waals surface area (Å²) >= 11 is 0. The lowest BCUT2D eigenvalue weighted by Gasteiger charge is -2.26. The summed E-state index contributed by atoms with van der Waals surface area (Å²) in [5.74, 6) is 2.20. The quantitative estimate of drug-likeness (QED) is 0.118. The number of carbonyl (C=O) groups excluding carboxylic acids is 4. The fourth-order valence-electron chi connectivity index (χ4n) is 3.17. The molecule has 0 unspecified atom stereocenters. The SMILES string of the molecule is C=C(C)CC(CC#CCC(CC=C=CC(C)(C)C)(C(=O)OC)C(=O)OC)(C(=O)OC)C(=O)OC. The van der Waals surface area contributed by atoms with E-state index in [9.17, 15) is 19.2 Å². The van der Waals surface area contributed by atoms with E-state index in [0.29, 0.717) is 5.57 Å². The first-order valence-electron chi connectivity index (χ1n) is 10.6. The maximum Gasteiger partial charge on any atom is 0.324 e. The molecular weight excluding hydrogens is 440 g/mol. The lowest BCUT2D eigenvalue weighted by Crippen LogP contribution is -2.41. The van der Waals surface area contributed by atoms with Crippen LogP contribution in [-0.4, -0.2) is 52.3 Å². The molecule has 0 radical (unpaired) electrons. The third-order valence-electron chi connectivity index (χ3n) is 4.90. The van der Waals surface area contributed by atoms with Crippen molar-refractivity contribution in [1.82, 2.24) is 0 Å². The smallest absolute Gasteiger partial charge is 0.324 e. The van der Waals surface area contributed by atoms with E-state index in [1.807, 2.05) is 20.8 Å². The lowest BCUT2D eigenvalue weighted by atomic mass is 9.78. The van der Waals surface area contributed by atoms with Gasteiger partial charge < -0.3 is 18.9 Å². The minimum atomic E-state index is -1.75. The molecule has 0 heterocycles. The van der Waals surface area contributed by atoms with Gasteiger partial charge >= 0.3 is 23.9 Å². The number of carbonyl (C=O) groups is 4. The Bertz CT molecular complexity index is 869. The normalized spacial score (nSPS) is 11.1. The fraction of sp³-hybridized carbons (Fsp3) is 0.577. The van der Waals surface area contributed by atoms with E-state index < -0.39 is 34.7 Å². The van der Waals surface area contributed by atoms with Crippen molar-refractivity contribution in [2.24, 2.45) is 16.2 Å². The molecule has 0 aromatic heterocycles. The maximum atomic E-state index is 12.7. The largest absolute Gasteiger partial charge is 0.468 e. The van der Waals surface area contributed by atoms with Crippen LogP contribution in [-0.2, 0) is 38.1 Å². The van der Waals surface area contributed by atoms with E-state index in [1.54, 1.807) is 19.1 Å². The first kappa shape index (κ1) is 30.7. The summed E-state index contributed by atoms with van der Waals surface area (Å²) < 4.78 is 19.4. The van der Waals surface area contributed by atoms with Gasteiger partial charge in [0, 0.05) is 19.3 Å². The van der Waals surface area contributed by atoms with Gasteiger partial charge in [-0.1, -0.05) is 26.3 Å². The van der Waals surface area contributed by atoms with E-state index in [4.69, 9.17) is 18.9 Å². The van der Waals surface area contributed by atoms with Gasteiger partial charge in [0.25, 0.3) is 0 Å². The minimum absolute atomic E-state index is 0.0412. The molecule has 8 heteroatoms. The fourth-order valence-corrected chi connectivity index (χ4v) is 3.17. The summed E-state index contributed by atoms with van der Waals surface area (Å²) in [4.78, 5) is 50.4. The van der Waals surface area contributed by atoms with Crippen LogP contribution < -0.4 is 0 Å². The van der Waals surface area contributed by atoms with Gasteiger partial charge in [0.1, 0.15) is 0 Å². The first-order chi connectivity index (χ1) is 15.8. The summed E-state index contributed by atoms with van der Waals surface area (Å²) in [6.45, 7) is 11.4. The van der Waals surface area contributed by atoms with Crippen LogP contribution in [0.15, 0.2) is 30.0 Å². The number of methoxy groups -OCH3 is 4. The van der Waals surface area contributed by atoms with Crippen LogP contribution in [0.1, 0.15) is 53.4 Å². The monoisotopic (exact) mass is 476 g/mol. The molecular formula is C26H36O8. The molecule has 0 saturated heterocycles. The van der Waals surface area contributed by atoms with Gasteiger partial charge in [-0.05, 0) is 30.9 Å². The second-order valence-corrected chi connectivity index (χ2v) is 9.06. The highest BCUT2D eigenvalue weighted by Crippen LogP contribution is 2.34. The molecule has 188 valence electrons. The molecule has 0 aliphatic heterocycles. The van der Waals surface area contributed by atoms with Crippen LogP contribution in [0.4, 0.5) is 0 Å². The molecule has 8 nitrogen and oxygen atoms in total. The van der Waals surface area contributed by atoms with Crippen LogP contribution in [0.2, 0.25) is 0 Å². The molecule has 0 N–H and O–H groups in total. The topological polar surface area (TPSA) is 105 Å². The lowest BCUT2D eigenvalue weighted by molar-refractivity contribution is -0.170. The van der Waals surface area contributed by atoms with Crippen molar-refractivity contribution >= 4 is 23.9 Å². The van der Waals surface area contributed by atoms with Crippen molar-refractivity contribution in [3.63, 3.8) is 0 Å². The maximum absolute atomic E-state index is 12.7. The van der Waals surface area contributed by atoms with E-state index >= 15 is 0 Å². The molecule has 0 aromatic rings. The Morgan fingerprint density at radius 1 is 0.765 bits per heavy atom. The van der Waals surface area contributed by atoms with Crippen LogP contribution in [0, 0.1) is 28.1 Å². The van der Waals surface area contributed by atoms with Gasteiger partial charge in [-0.15, -0.1) is 24.2 Å². The third-order valence-corrected chi connectivity index (χ3v) is 4.90. The van der Waals surface area contributed by atoms with Gasteiger partial charge in [0.05, 0.1) is 28.4 Å². The summed E-state index contributed by atoms with van der Waals surface area (Å²) in [7, 11) is 4.63. The number of allylic oxidation sites excluding steroid dienone is 2. The standard InChI is InChI=1S/C26H36O8/c1-19(2)18-26(22(29)33-8,23(30)34-9)17-13-12-16-25(20(27)31-6,21(28)32-7)15-11-10-14-24(3,4)5/h11,14H,1,15-18H2,2-9H3. The second kappa shape index (κ2) is 13.4. The predicted octanol–water partition coefficient (Wildman–Crippen LogP) is 3.55. The Morgan fingerprint density at radius 3 is 1.50 bits per heavy atom. The van der Waals surface area contributed by atoms with Crippen LogP contribution in [0.5, 0.6) is 0 Å². The molecule has 0 amide bonds. The molecule has 0 saturated carbocycles. The number of hydrogen-bond donors (Lipinski definition) is 0. The summed E-state index contributed by atoms with van der Waals surface area (Å²) in [5, 5.41) is 0. The van der Waals surface area contributed by atoms with Gasteiger partial charge in [-0.25, -0.2) is 0 Å². The van der Waals surface area contributed by atoms with Gasteiger partial charge in [-0.3, -0.25) is 19.2 Å². The Morgan fingerprint density at radius 2 is 1.15 bits per heavy atom. The number of hydrogen-bond acceptors (Lipinski definition) is 8. The molecule has 34 heavy (non-hydrogen) atoms. The zero-order valence-electron chi connectivity index (χ0n) is 21.5. The third kappa shape index (κ3) is 8.24. The summed E-state index contributed by atoms with van der Waals surface area (Å²) in [6.07, 6.45) is 2.70. The Kier molecular flexibility index (Phi) is 12.1. The van der Waals surface area contributed by atoms with Crippen molar-refractivity contribution in [2.75, 3.05) is 28.4 Å².